The van der Waals surface area contributed by atoms with Crippen molar-refractivity contribution in [2.75, 3.05) is 6.54 Å². The van der Waals surface area contributed by atoms with Gasteiger partial charge in [0.25, 0.3) is 0 Å². The summed E-state index contributed by atoms with van der Waals surface area (Å²) >= 11 is -3.40. The van der Waals surface area contributed by atoms with Crippen LogP contribution in [0.1, 0.15) is 12.8 Å². The minimum Gasteiger partial charge on any atom is -0.480 e. The van der Waals surface area contributed by atoms with Crippen molar-refractivity contribution < 1.29 is 37.3 Å². The molecule has 1 unspecified atom stereocenters. The van der Waals surface area contributed by atoms with E-state index in [1.165, 1.54) is 0 Å². The number of aliphatic carboxylic acids is 1. The molecule has 0 fully saturated rings. The Hall–Kier alpha value is -0.250. The number of carboxylic acid groups (broad SMARTS) is 1. The quantitative estimate of drug-likeness (QED) is 0.404. The molecule has 0 aromatic carbocycles. The summed E-state index contributed by atoms with van der Waals surface area (Å²) in [4.78, 5) is 10.0. The van der Waals surface area contributed by atoms with Crippen LogP contribution in [0.5, 0.6) is 0 Å². The Bertz CT molecular complexity index is 131. The summed E-state index contributed by atoms with van der Waals surface area (Å²) in [6.45, 7) is 0.501. The molecular weight excluding hydrogens is 248 g/mol. The summed E-state index contributed by atoms with van der Waals surface area (Å²) in [6, 6.07) is -0.742. The summed E-state index contributed by atoms with van der Waals surface area (Å²) in [5.41, 5.74) is 10.3. The highest BCUT2D eigenvalue weighted by Gasteiger charge is 2.08. The van der Waals surface area contributed by atoms with Crippen LogP contribution >= 0.6 is 0 Å². The van der Waals surface area contributed by atoms with Crippen molar-refractivity contribution in [3.8, 4) is 0 Å². The van der Waals surface area contributed by atoms with Crippen molar-refractivity contribution in [2.45, 2.75) is 18.9 Å². The second-order valence-corrected chi connectivity index (χ2v) is 2.92. The average molecular weight is 261 g/mol. The van der Waals surface area contributed by atoms with Gasteiger partial charge in [0.05, 0.1) is 0 Å². The molecule has 0 aromatic rings. The number of carbonyl (C=O) groups is 1. The monoisotopic (exact) mass is 260 g/mol. The molecule has 8 heteroatoms. The first kappa shape index (κ1) is 15.2. The van der Waals surface area contributed by atoms with Crippen molar-refractivity contribution in [3.05, 3.63) is 0 Å². The van der Waals surface area contributed by atoms with Crippen LogP contribution in [0.15, 0.2) is 0 Å². The minimum atomic E-state index is -3.40. The van der Waals surface area contributed by atoms with Gasteiger partial charge in [-0.25, -0.2) is 0 Å². The maximum atomic E-state index is 10.0. The lowest BCUT2D eigenvalue weighted by Crippen LogP contribution is -2.30. The molecule has 0 bridgehead atoms. The standard InChI is InChI=1S/C5H12N2O2.BrHO3/c6-3-1-2-4(7)5(8)9;2-1(3)4/h4H,1-3,6-7H2,(H,8,9);2H. The maximum absolute atomic E-state index is 10.0. The Kier molecular flexibility index (Phi) is 11.5. The smallest absolute Gasteiger partial charge is 0.433 e. The van der Waals surface area contributed by atoms with Crippen molar-refractivity contribution in [3.63, 3.8) is 0 Å². The summed E-state index contributed by atoms with van der Waals surface area (Å²) in [7, 11) is 0. The average Bonchev–Trinajstić information content (AvgIpc) is 1.98. The van der Waals surface area contributed by atoms with Crippen LogP contribution < -0.4 is 19.9 Å². The van der Waals surface area contributed by atoms with Crippen molar-refractivity contribution >= 4 is 5.97 Å². The fraction of sp³-hybridized carbons (Fsp3) is 0.800. The zero-order chi connectivity index (χ0) is 10.9. The van der Waals surface area contributed by atoms with E-state index in [0.717, 1.165) is 0 Å². The number of rotatable bonds is 4. The van der Waals surface area contributed by atoms with Gasteiger partial charge >= 0.3 is 20.8 Å². The highest BCUT2D eigenvalue weighted by molar-refractivity contribution is 5.72. The van der Waals surface area contributed by atoms with Crippen LogP contribution in [-0.4, -0.2) is 27.9 Å². The number of nitrogens with two attached hydrogens (primary N) is 2. The molecule has 0 aliphatic carbocycles. The topological polar surface area (TPSA) is 156 Å². The number of halogens is 1. The maximum Gasteiger partial charge on any atom is 0.433 e. The molecule has 0 rings (SSSR count). The van der Waals surface area contributed by atoms with Gasteiger partial charge in [0.15, 0.2) is 0 Å². The molecule has 0 aliphatic heterocycles. The van der Waals surface area contributed by atoms with Crippen LogP contribution in [0.2, 0.25) is 0 Å². The van der Waals surface area contributed by atoms with E-state index in [9.17, 15) is 4.79 Å². The van der Waals surface area contributed by atoms with E-state index < -0.39 is 26.8 Å². The fourth-order valence-electron chi connectivity index (χ4n) is 0.461. The van der Waals surface area contributed by atoms with Crippen LogP contribution in [-0.2, 0) is 4.79 Å². The highest BCUT2D eigenvalue weighted by atomic mass is 80.0. The second-order valence-electron chi connectivity index (χ2n) is 2.08. The second kappa shape index (κ2) is 9.84. The Morgan fingerprint density at radius 3 is 2.15 bits per heavy atom. The van der Waals surface area contributed by atoms with Gasteiger partial charge in [-0.05, 0) is 23.6 Å². The first-order chi connectivity index (χ1) is 5.91. The van der Waals surface area contributed by atoms with Gasteiger partial charge in [-0.3, -0.25) is 4.79 Å². The van der Waals surface area contributed by atoms with E-state index in [1.54, 1.807) is 0 Å². The molecule has 0 saturated heterocycles. The third-order valence-corrected chi connectivity index (χ3v) is 1.04. The molecule has 0 heterocycles. The van der Waals surface area contributed by atoms with Crippen molar-refractivity contribution in [1.29, 1.82) is 0 Å². The predicted molar refractivity (Wildman–Crippen MR) is 36.1 cm³/mol. The summed E-state index contributed by atoms with van der Waals surface area (Å²) in [5.74, 6) is -0.955. The molecule has 0 saturated carbocycles. The van der Waals surface area contributed by atoms with E-state index in [4.69, 9.17) is 29.2 Å². The number of hydrogen-bond acceptors (Lipinski definition) is 6. The summed E-state index contributed by atoms with van der Waals surface area (Å²) in [5, 5.41) is 8.24. The lowest BCUT2D eigenvalue weighted by molar-refractivity contribution is -1.63. The van der Waals surface area contributed by atoms with E-state index in [1.807, 2.05) is 0 Å². The number of hydrogen-bond donors (Lipinski definition) is 4. The molecule has 0 aliphatic rings. The van der Waals surface area contributed by atoms with Gasteiger partial charge in [0, 0.05) is 0 Å². The van der Waals surface area contributed by atoms with Gasteiger partial charge in [0.2, 0.25) is 0 Å². The molecule has 7 nitrogen and oxygen atoms in total. The lowest BCUT2D eigenvalue weighted by atomic mass is 10.2. The largest absolute Gasteiger partial charge is 0.480 e. The van der Waals surface area contributed by atoms with Crippen molar-refractivity contribution in [1.82, 2.24) is 0 Å². The first-order valence-corrected chi connectivity index (χ1v) is 5.35. The summed E-state index contributed by atoms with van der Waals surface area (Å²) < 4.78 is 24.3. The Morgan fingerprint density at radius 2 is 1.92 bits per heavy atom. The molecule has 80 valence electrons. The highest BCUT2D eigenvalue weighted by Crippen LogP contribution is 1.91. The SMILES string of the molecule is NCCCC(N)C(=O)O.[O-][Br+2]([O-])O. The molecule has 6 N–H and O–H groups in total. The zero-order valence-corrected chi connectivity index (χ0v) is 8.44. The van der Waals surface area contributed by atoms with Gasteiger partial charge in [0.1, 0.15) is 6.04 Å². The molecule has 1 atom stereocenters. The molecule has 0 radical (unpaired) electrons. The lowest BCUT2D eigenvalue weighted by Gasteiger charge is -2.02. The predicted octanol–water partition coefficient (Wildman–Crippen LogP) is -3.80. The van der Waals surface area contributed by atoms with Gasteiger partial charge in [-0.15, -0.1) is 0 Å². The molecular formula is C5H13BrN2O5. The van der Waals surface area contributed by atoms with E-state index >= 15 is 0 Å². The molecule has 0 aromatic heterocycles. The van der Waals surface area contributed by atoms with E-state index in [-0.39, 0.29) is 0 Å². The van der Waals surface area contributed by atoms with E-state index in [2.05, 4.69) is 0 Å². The van der Waals surface area contributed by atoms with Crippen LogP contribution in [0.3, 0.4) is 0 Å². The van der Waals surface area contributed by atoms with Crippen LogP contribution in [0.4, 0.5) is 0 Å². The van der Waals surface area contributed by atoms with E-state index in [0.29, 0.717) is 19.4 Å². The molecule has 0 spiro atoms. The Labute approximate surface area is 80.8 Å². The van der Waals surface area contributed by atoms with Crippen LogP contribution in [0.25, 0.3) is 0 Å². The van der Waals surface area contributed by atoms with Crippen molar-refractivity contribution in [2.24, 2.45) is 11.5 Å². The number of carboxylic acids is 1. The molecule has 13 heavy (non-hydrogen) atoms. The third-order valence-electron chi connectivity index (χ3n) is 1.04. The van der Waals surface area contributed by atoms with Gasteiger partial charge in [-0.2, -0.15) is 0 Å². The summed E-state index contributed by atoms with van der Waals surface area (Å²) in [6.07, 6.45) is 1.14. The normalized spacial score (nSPS) is 11.8. The molecule has 0 amide bonds. The van der Waals surface area contributed by atoms with Gasteiger partial charge in [-0.1, -0.05) is 0 Å². The third kappa shape index (κ3) is 18.6. The first-order valence-electron chi connectivity index (χ1n) is 3.34. The Balaban J connectivity index is 0. The van der Waals surface area contributed by atoms with Gasteiger partial charge < -0.3 is 25.0 Å². The fourth-order valence-corrected chi connectivity index (χ4v) is 0.461. The van der Waals surface area contributed by atoms with Crippen LogP contribution in [0, 0.1) is 14.8 Å². The zero-order valence-electron chi connectivity index (χ0n) is 6.85. The Morgan fingerprint density at radius 1 is 1.54 bits per heavy atom. The minimum absolute atomic E-state index is 0.464.